The number of allylic oxidation sites excluding steroid dienone is 6. The molecule has 0 aromatic carbocycles. The van der Waals surface area contributed by atoms with Gasteiger partial charge < -0.3 is 25.7 Å². The van der Waals surface area contributed by atoms with Crippen LogP contribution in [-0.2, 0) is 4.79 Å². The number of hydrogen-bond donors (Lipinski definition) is 5. The van der Waals surface area contributed by atoms with E-state index in [4.69, 9.17) is 0 Å². The van der Waals surface area contributed by atoms with E-state index >= 15 is 0 Å². The Morgan fingerprint density at radius 3 is 0.846 bits per heavy atom. The molecule has 0 spiro atoms. The van der Waals surface area contributed by atoms with Crippen LogP contribution in [0, 0.1) is 0 Å². The van der Waals surface area contributed by atoms with E-state index < -0.39 is 36.9 Å². The second-order valence-electron chi connectivity index (χ2n) is 24.6. The average molecular weight is 1100 g/mol. The standard InChI is InChI=1S/C72H139NO5/c1-3-5-7-9-11-13-15-17-19-21-23-25-27-29-31-33-35-36-38-39-41-43-45-47-49-51-53-55-57-59-61-63-65-69(75)71(77)68(67-74)73-72(78)70(76)66-64-62-60-58-56-54-52-50-48-46-44-42-40-37-34-32-30-28-26-24-22-20-18-16-14-12-10-8-6-4-2/h24,26,30,32,57,59,68-71,74-77H,3-23,25,27-29,31,33-56,58,60-67H2,1-2H3,(H,73,78)/b26-24-,32-30-,59-57+. The van der Waals surface area contributed by atoms with E-state index in [2.05, 4.69) is 55.6 Å². The first-order valence-electron chi connectivity index (χ1n) is 35.4. The van der Waals surface area contributed by atoms with Gasteiger partial charge in [-0.3, -0.25) is 4.79 Å². The maximum atomic E-state index is 12.7. The Morgan fingerprint density at radius 1 is 0.321 bits per heavy atom. The highest BCUT2D eigenvalue weighted by Crippen LogP contribution is 2.19. The second-order valence-corrected chi connectivity index (χ2v) is 24.6. The molecular weight excluding hydrogens is 959 g/mol. The number of aliphatic hydroxyl groups excluding tert-OH is 4. The lowest BCUT2D eigenvalue weighted by atomic mass is 10.00. The molecule has 0 saturated carbocycles. The third kappa shape index (κ3) is 59.2. The number of unbranched alkanes of at least 4 members (excludes halogenated alkanes) is 51. The largest absolute Gasteiger partial charge is 0.394 e. The number of carbonyl (C=O) groups is 1. The summed E-state index contributed by atoms with van der Waals surface area (Å²) in [5.74, 6) is -0.588. The van der Waals surface area contributed by atoms with Crippen molar-refractivity contribution in [3.63, 3.8) is 0 Å². The minimum Gasteiger partial charge on any atom is -0.394 e. The number of rotatable bonds is 66. The van der Waals surface area contributed by atoms with Crippen LogP contribution < -0.4 is 5.32 Å². The molecule has 4 atom stereocenters. The van der Waals surface area contributed by atoms with Crippen molar-refractivity contribution in [2.75, 3.05) is 6.61 Å². The summed E-state index contributed by atoms with van der Waals surface area (Å²) in [6.07, 6.45) is 85.6. The smallest absolute Gasteiger partial charge is 0.249 e. The van der Waals surface area contributed by atoms with Gasteiger partial charge in [-0.1, -0.05) is 352 Å². The molecule has 0 aliphatic heterocycles. The molecule has 0 aliphatic carbocycles. The topological polar surface area (TPSA) is 110 Å². The summed E-state index contributed by atoms with van der Waals surface area (Å²) < 4.78 is 0. The Bertz CT molecular complexity index is 1230. The average Bonchev–Trinajstić information content (AvgIpc) is 3.45. The van der Waals surface area contributed by atoms with Crippen LogP contribution in [0.2, 0.25) is 0 Å². The quantitative estimate of drug-likeness (QED) is 0.0308. The van der Waals surface area contributed by atoms with Gasteiger partial charge in [0.15, 0.2) is 0 Å². The van der Waals surface area contributed by atoms with Gasteiger partial charge in [0, 0.05) is 0 Å². The van der Waals surface area contributed by atoms with Crippen molar-refractivity contribution in [2.24, 2.45) is 0 Å². The lowest BCUT2D eigenvalue weighted by Gasteiger charge is -2.27. The van der Waals surface area contributed by atoms with E-state index in [1.54, 1.807) is 0 Å². The third-order valence-corrected chi connectivity index (χ3v) is 16.8. The minimum absolute atomic E-state index is 0.364. The van der Waals surface area contributed by atoms with Crippen LogP contribution in [0.3, 0.4) is 0 Å². The van der Waals surface area contributed by atoms with E-state index in [1.165, 1.54) is 315 Å². The molecule has 0 aromatic heterocycles. The maximum absolute atomic E-state index is 12.7. The fourth-order valence-electron chi connectivity index (χ4n) is 11.3. The lowest BCUT2D eigenvalue weighted by molar-refractivity contribution is -0.132. The van der Waals surface area contributed by atoms with Crippen molar-refractivity contribution in [3.05, 3.63) is 36.5 Å². The van der Waals surface area contributed by atoms with Crippen LogP contribution in [0.1, 0.15) is 386 Å². The van der Waals surface area contributed by atoms with Crippen molar-refractivity contribution < 1.29 is 25.2 Å². The van der Waals surface area contributed by atoms with Crippen LogP contribution in [-0.4, -0.2) is 57.3 Å². The van der Waals surface area contributed by atoms with Gasteiger partial charge in [-0.05, 0) is 70.6 Å². The van der Waals surface area contributed by atoms with Crippen molar-refractivity contribution >= 4 is 5.91 Å². The van der Waals surface area contributed by atoms with Gasteiger partial charge in [0.25, 0.3) is 0 Å². The predicted octanol–water partition coefficient (Wildman–Crippen LogP) is 21.9. The summed E-state index contributed by atoms with van der Waals surface area (Å²) in [4.78, 5) is 12.7. The first-order chi connectivity index (χ1) is 38.5. The monoisotopic (exact) mass is 1100 g/mol. The summed E-state index contributed by atoms with van der Waals surface area (Å²) in [5.41, 5.74) is 0. The van der Waals surface area contributed by atoms with Crippen LogP contribution >= 0.6 is 0 Å². The molecule has 0 fully saturated rings. The van der Waals surface area contributed by atoms with Crippen LogP contribution in [0.25, 0.3) is 0 Å². The predicted molar refractivity (Wildman–Crippen MR) is 344 cm³/mol. The molecule has 6 nitrogen and oxygen atoms in total. The first kappa shape index (κ1) is 76.5. The number of aliphatic hydroxyl groups is 4. The Kier molecular flexibility index (Phi) is 65.1. The Labute approximate surface area is 487 Å². The summed E-state index contributed by atoms with van der Waals surface area (Å²) in [5, 5.41) is 44.2. The van der Waals surface area contributed by atoms with Crippen molar-refractivity contribution in [1.82, 2.24) is 5.32 Å². The molecule has 462 valence electrons. The SMILES string of the molecule is CCCCCCCCCCC/C=C\C/C=C\CCCCCCCCCCCCCCCCC(O)C(=O)NC(CO)C(O)C(O)CCC/C=C/CCCCCCCCCCCCCCCCCCCCCCCCCCCCC. The molecule has 0 bridgehead atoms. The van der Waals surface area contributed by atoms with Crippen molar-refractivity contribution in [3.8, 4) is 0 Å². The van der Waals surface area contributed by atoms with E-state index in [9.17, 15) is 25.2 Å². The van der Waals surface area contributed by atoms with Gasteiger partial charge >= 0.3 is 0 Å². The molecule has 0 aromatic rings. The molecule has 0 heterocycles. The van der Waals surface area contributed by atoms with Crippen molar-refractivity contribution in [1.29, 1.82) is 0 Å². The molecule has 78 heavy (non-hydrogen) atoms. The molecule has 6 heteroatoms. The van der Waals surface area contributed by atoms with Gasteiger partial charge in [0.05, 0.1) is 18.8 Å². The third-order valence-electron chi connectivity index (χ3n) is 16.8. The zero-order valence-electron chi connectivity index (χ0n) is 52.7. The molecular formula is C72H139NO5. The summed E-state index contributed by atoms with van der Waals surface area (Å²) in [6.45, 7) is 4.09. The molecule has 0 radical (unpaired) electrons. The van der Waals surface area contributed by atoms with E-state index in [-0.39, 0.29) is 0 Å². The second kappa shape index (κ2) is 66.3. The molecule has 1 amide bonds. The van der Waals surface area contributed by atoms with Gasteiger partial charge in [-0.25, -0.2) is 0 Å². The van der Waals surface area contributed by atoms with E-state index in [1.807, 2.05) is 0 Å². The van der Waals surface area contributed by atoms with E-state index in [0.29, 0.717) is 12.8 Å². The Morgan fingerprint density at radius 2 is 0.564 bits per heavy atom. The van der Waals surface area contributed by atoms with Crippen molar-refractivity contribution in [2.45, 2.75) is 411 Å². The highest BCUT2D eigenvalue weighted by atomic mass is 16.3. The van der Waals surface area contributed by atoms with Gasteiger partial charge in [0.1, 0.15) is 12.2 Å². The van der Waals surface area contributed by atoms with Gasteiger partial charge in [-0.2, -0.15) is 0 Å². The number of hydrogen-bond acceptors (Lipinski definition) is 5. The molecule has 0 aliphatic rings. The molecule has 0 saturated heterocycles. The van der Waals surface area contributed by atoms with Gasteiger partial charge in [-0.15, -0.1) is 0 Å². The summed E-state index contributed by atoms with van der Waals surface area (Å²) in [6, 6.07) is -1.00. The Hall–Kier alpha value is -1.47. The molecule has 4 unspecified atom stereocenters. The molecule has 5 N–H and O–H groups in total. The van der Waals surface area contributed by atoms with Crippen LogP contribution in [0.5, 0.6) is 0 Å². The minimum atomic E-state index is -1.28. The Balaban J connectivity index is 3.57. The number of carbonyl (C=O) groups excluding carboxylic acids is 1. The van der Waals surface area contributed by atoms with Crippen LogP contribution in [0.15, 0.2) is 36.5 Å². The van der Waals surface area contributed by atoms with Gasteiger partial charge in [0.2, 0.25) is 5.91 Å². The fourth-order valence-corrected chi connectivity index (χ4v) is 11.3. The highest BCUT2D eigenvalue weighted by Gasteiger charge is 2.28. The van der Waals surface area contributed by atoms with Crippen LogP contribution in [0.4, 0.5) is 0 Å². The highest BCUT2D eigenvalue weighted by molar-refractivity contribution is 5.80. The zero-order valence-corrected chi connectivity index (χ0v) is 52.7. The lowest BCUT2D eigenvalue weighted by Crippen LogP contribution is -2.53. The van der Waals surface area contributed by atoms with E-state index in [0.717, 1.165) is 44.9 Å². The zero-order chi connectivity index (χ0) is 56.6. The maximum Gasteiger partial charge on any atom is 0.249 e. The number of amides is 1. The first-order valence-corrected chi connectivity index (χ1v) is 35.4. The summed E-state index contributed by atoms with van der Waals surface area (Å²) in [7, 11) is 0. The normalized spacial score (nSPS) is 13.7. The summed E-state index contributed by atoms with van der Waals surface area (Å²) >= 11 is 0. The fraction of sp³-hybridized carbons (Fsp3) is 0.903. The number of nitrogens with one attached hydrogen (secondary N) is 1. The molecule has 0 rings (SSSR count).